The standard InChI is InChI=1S/C33H62N2O4/c1-28(2)26-30(36)27-35-33(39)24-20-16-12-8-7-11-15-19-23-32(38)34-25-21-17-13-9-5-6-10-14-18-22-31(37)29(3)4/h28-29H,5-27H2,1-4H3,(H,34,38)(H,35,39). The van der Waals surface area contributed by atoms with Crippen LogP contribution in [0.2, 0.25) is 0 Å². The highest BCUT2D eigenvalue weighted by molar-refractivity contribution is 5.86. The van der Waals surface area contributed by atoms with Crippen LogP contribution in [-0.4, -0.2) is 36.5 Å². The number of carbonyl (C=O) groups excluding carboxylic acids is 4. The minimum Gasteiger partial charge on any atom is -0.356 e. The molecule has 0 rings (SSSR count). The monoisotopic (exact) mass is 550 g/mol. The Hall–Kier alpha value is -1.72. The van der Waals surface area contributed by atoms with Crippen LogP contribution in [0.25, 0.3) is 0 Å². The summed E-state index contributed by atoms with van der Waals surface area (Å²) in [6.07, 6.45) is 21.9. The molecule has 0 aliphatic rings. The van der Waals surface area contributed by atoms with E-state index in [2.05, 4.69) is 10.6 Å². The number of ketones is 2. The van der Waals surface area contributed by atoms with Crippen LogP contribution in [0, 0.1) is 11.8 Å². The van der Waals surface area contributed by atoms with Crippen molar-refractivity contribution in [1.29, 1.82) is 0 Å². The highest BCUT2D eigenvalue weighted by Crippen LogP contribution is 2.13. The summed E-state index contributed by atoms with van der Waals surface area (Å²) >= 11 is 0. The molecule has 0 aromatic rings. The third kappa shape index (κ3) is 27.6. The summed E-state index contributed by atoms with van der Waals surface area (Å²) in [6, 6.07) is 0. The molecule has 0 bridgehead atoms. The van der Waals surface area contributed by atoms with Gasteiger partial charge in [-0.3, -0.25) is 19.2 Å². The topological polar surface area (TPSA) is 92.3 Å². The number of amides is 2. The van der Waals surface area contributed by atoms with Gasteiger partial charge in [-0.25, -0.2) is 0 Å². The maximum absolute atomic E-state index is 12.0. The first-order chi connectivity index (χ1) is 18.7. The lowest BCUT2D eigenvalue weighted by atomic mass is 10.0. The molecular formula is C33H62N2O4. The number of carbonyl (C=O) groups is 4. The smallest absolute Gasteiger partial charge is 0.220 e. The Morgan fingerprint density at radius 3 is 1.31 bits per heavy atom. The molecule has 0 spiro atoms. The minimum absolute atomic E-state index is 0.0138. The first kappa shape index (κ1) is 37.3. The van der Waals surface area contributed by atoms with E-state index in [1.807, 2.05) is 27.7 Å². The van der Waals surface area contributed by atoms with Crippen LogP contribution in [0.15, 0.2) is 0 Å². The first-order valence-electron chi connectivity index (χ1n) is 16.3. The fourth-order valence-electron chi connectivity index (χ4n) is 4.71. The Labute approximate surface area is 240 Å². The van der Waals surface area contributed by atoms with Crippen molar-refractivity contribution in [1.82, 2.24) is 10.6 Å². The van der Waals surface area contributed by atoms with Crippen molar-refractivity contribution in [3.8, 4) is 0 Å². The van der Waals surface area contributed by atoms with Gasteiger partial charge in [0.05, 0.1) is 6.54 Å². The molecule has 0 unspecified atom stereocenters. The lowest BCUT2D eigenvalue weighted by molar-refractivity contribution is -0.125. The van der Waals surface area contributed by atoms with Crippen molar-refractivity contribution < 1.29 is 19.2 Å². The van der Waals surface area contributed by atoms with Crippen LogP contribution in [0.3, 0.4) is 0 Å². The Morgan fingerprint density at radius 2 is 0.872 bits per heavy atom. The molecule has 2 amide bonds. The fourth-order valence-corrected chi connectivity index (χ4v) is 4.71. The van der Waals surface area contributed by atoms with E-state index in [1.165, 1.54) is 64.2 Å². The first-order valence-corrected chi connectivity index (χ1v) is 16.3. The number of Topliss-reactive ketones (excluding diaryl/α,β-unsaturated/α-hetero) is 2. The quantitative estimate of drug-likeness (QED) is 0.0970. The fraction of sp³-hybridized carbons (Fsp3) is 0.879. The lowest BCUT2D eigenvalue weighted by Crippen LogP contribution is -2.29. The van der Waals surface area contributed by atoms with Gasteiger partial charge in [0, 0.05) is 38.1 Å². The Bertz CT molecular complexity index is 646. The number of rotatable bonds is 28. The summed E-state index contributed by atoms with van der Waals surface area (Å²) in [5.74, 6) is 1.20. The van der Waals surface area contributed by atoms with Gasteiger partial charge in [0.15, 0.2) is 5.78 Å². The third-order valence-electron chi connectivity index (χ3n) is 7.24. The van der Waals surface area contributed by atoms with Gasteiger partial charge < -0.3 is 10.6 Å². The molecule has 0 saturated carbocycles. The van der Waals surface area contributed by atoms with Gasteiger partial charge in [-0.1, -0.05) is 111 Å². The summed E-state index contributed by atoms with van der Waals surface area (Å²) in [7, 11) is 0. The maximum atomic E-state index is 12.0. The van der Waals surface area contributed by atoms with Crippen LogP contribution >= 0.6 is 0 Å². The van der Waals surface area contributed by atoms with E-state index in [0.717, 1.165) is 57.9 Å². The zero-order valence-electron chi connectivity index (χ0n) is 26.1. The van der Waals surface area contributed by atoms with Gasteiger partial charge in [-0.15, -0.1) is 0 Å². The number of nitrogens with one attached hydrogen (secondary N) is 2. The summed E-state index contributed by atoms with van der Waals surface area (Å²) < 4.78 is 0. The van der Waals surface area contributed by atoms with Gasteiger partial charge >= 0.3 is 0 Å². The van der Waals surface area contributed by atoms with Crippen molar-refractivity contribution in [2.75, 3.05) is 13.1 Å². The minimum atomic E-state index is -0.0138. The van der Waals surface area contributed by atoms with E-state index in [-0.39, 0.29) is 30.1 Å². The molecule has 0 atom stereocenters. The molecule has 0 aromatic heterocycles. The predicted molar refractivity (Wildman–Crippen MR) is 163 cm³/mol. The summed E-state index contributed by atoms with van der Waals surface area (Å²) in [5, 5.41) is 5.80. The van der Waals surface area contributed by atoms with Gasteiger partial charge in [-0.05, 0) is 31.6 Å². The van der Waals surface area contributed by atoms with Crippen LogP contribution in [-0.2, 0) is 19.2 Å². The second-order valence-corrected chi connectivity index (χ2v) is 12.1. The molecule has 6 nitrogen and oxygen atoms in total. The van der Waals surface area contributed by atoms with Gasteiger partial charge in [0.1, 0.15) is 5.78 Å². The molecule has 0 aliphatic carbocycles. The second-order valence-electron chi connectivity index (χ2n) is 12.1. The molecule has 228 valence electrons. The van der Waals surface area contributed by atoms with E-state index < -0.39 is 0 Å². The molecule has 6 heteroatoms. The largest absolute Gasteiger partial charge is 0.356 e. The normalized spacial score (nSPS) is 11.2. The van der Waals surface area contributed by atoms with Crippen LogP contribution in [0.4, 0.5) is 0 Å². The molecule has 39 heavy (non-hydrogen) atoms. The van der Waals surface area contributed by atoms with Gasteiger partial charge in [0.25, 0.3) is 0 Å². The molecule has 0 aliphatic heterocycles. The van der Waals surface area contributed by atoms with Crippen molar-refractivity contribution >= 4 is 23.4 Å². The van der Waals surface area contributed by atoms with Crippen molar-refractivity contribution in [3.05, 3.63) is 0 Å². The molecular weight excluding hydrogens is 488 g/mol. The highest BCUT2D eigenvalue weighted by atomic mass is 16.2. The molecule has 0 aromatic carbocycles. The lowest BCUT2D eigenvalue weighted by Gasteiger charge is -2.07. The van der Waals surface area contributed by atoms with Crippen LogP contribution < -0.4 is 10.6 Å². The third-order valence-corrected chi connectivity index (χ3v) is 7.24. The van der Waals surface area contributed by atoms with E-state index in [1.54, 1.807) is 0 Å². The Balaban J connectivity index is 3.32. The Morgan fingerprint density at radius 1 is 0.487 bits per heavy atom. The number of hydrogen-bond acceptors (Lipinski definition) is 4. The zero-order chi connectivity index (χ0) is 29.1. The van der Waals surface area contributed by atoms with E-state index in [4.69, 9.17) is 0 Å². The summed E-state index contributed by atoms with van der Waals surface area (Å²) in [4.78, 5) is 47.0. The van der Waals surface area contributed by atoms with Crippen molar-refractivity contribution in [2.45, 2.75) is 163 Å². The molecule has 0 fully saturated rings. The van der Waals surface area contributed by atoms with E-state index >= 15 is 0 Å². The molecule has 0 saturated heterocycles. The average molecular weight is 551 g/mol. The SMILES string of the molecule is CC(C)CC(=O)CNC(=O)CCCCCCCCCCC(=O)NCCCCCCCCCCCC(=O)C(C)C. The predicted octanol–water partition coefficient (Wildman–Crippen LogP) is 7.86. The maximum Gasteiger partial charge on any atom is 0.220 e. The number of unbranched alkanes of at least 4 members (excludes halogenated alkanes) is 15. The summed E-state index contributed by atoms with van der Waals surface area (Å²) in [5.41, 5.74) is 0. The molecule has 0 heterocycles. The van der Waals surface area contributed by atoms with E-state index in [0.29, 0.717) is 31.0 Å². The number of hydrogen-bond donors (Lipinski definition) is 2. The second kappa shape index (κ2) is 26.5. The zero-order valence-corrected chi connectivity index (χ0v) is 26.1. The van der Waals surface area contributed by atoms with Crippen molar-refractivity contribution in [2.24, 2.45) is 11.8 Å². The van der Waals surface area contributed by atoms with Gasteiger partial charge in [-0.2, -0.15) is 0 Å². The molecule has 0 radical (unpaired) electrons. The Kier molecular flexibility index (Phi) is 25.3. The molecule has 2 N–H and O–H groups in total. The van der Waals surface area contributed by atoms with Crippen LogP contribution in [0.1, 0.15) is 163 Å². The summed E-state index contributed by atoms with van der Waals surface area (Å²) in [6.45, 7) is 8.95. The van der Waals surface area contributed by atoms with E-state index in [9.17, 15) is 19.2 Å². The van der Waals surface area contributed by atoms with Gasteiger partial charge in [0.2, 0.25) is 11.8 Å². The highest BCUT2D eigenvalue weighted by Gasteiger charge is 2.08. The van der Waals surface area contributed by atoms with Crippen LogP contribution in [0.5, 0.6) is 0 Å². The average Bonchev–Trinajstić information content (AvgIpc) is 2.88. The van der Waals surface area contributed by atoms with Crippen molar-refractivity contribution in [3.63, 3.8) is 0 Å².